The second-order valence-electron chi connectivity index (χ2n) is 6.67. The highest BCUT2D eigenvalue weighted by Crippen LogP contribution is 2.33. The predicted molar refractivity (Wildman–Crippen MR) is 120 cm³/mol. The summed E-state index contributed by atoms with van der Waals surface area (Å²) >= 11 is 12.2. The molecule has 1 N–H and O–H groups in total. The zero-order valence-corrected chi connectivity index (χ0v) is 18.4. The van der Waals surface area contributed by atoms with Crippen LogP contribution in [-0.2, 0) is 20.2 Å². The van der Waals surface area contributed by atoms with Crippen LogP contribution in [0.25, 0.3) is 0 Å². The van der Waals surface area contributed by atoms with Gasteiger partial charge in [0.25, 0.3) is 5.91 Å². The number of nitrogens with one attached hydrogen (secondary N) is 1. The molecule has 164 valence electrons. The summed E-state index contributed by atoms with van der Waals surface area (Å²) in [5.41, 5.74) is 0.720. The number of aliphatic imine (C=N–C) groups is 1. The first-order chi connectivity index (χ1) is 15.5. The zero-order valence-electron chi connectivity index (χ0n) is 16.9. The summed E-state index contributed by atoms with van der Waals surface area (Å²) in [7, 11) is 1.67. The Morgan fingerprint density at radius 2 is 2.00 bits per heavy atom. The summed E-state index contributed by atoms with van der Waals surface area (Å²) in [6.45, 7) is 0.405. The van der Waals surface area contributed by atoms with Crippen LogP contribution in [-0.4, -0.2) is 21.9 Å². The van der Waals surface area contributed by atoms with E-state index in [-0.39, 0.29) is 19.1 Å². The van der Waals surface area contributed by atoms with E-state index < -0.39 is 0 Å². The Labute approximate surface area is 193 Å². The fraction of sp³-hybridized carbons (Fsp3) is 0.136. The van der Waals surface area contributed by atoms with Crippen molar-refractivity contribution in [2.75, 3.05) is 0 Å². The summed E-state index contributed by atoms with van der Waals surface area (Å²) in [4.78, 5) is 16.9. The highest BCUT2D eigenvalue weighted by molar-refractivity contribution is 6.37. The average molecular weight is 473 g/mol. The Bertz CT molecular complexity index is 1220. The molecule has 10 heteroatoms. The summed E-state index contributed by atoms with van der Waals surface area (Å²) in [5.74, 6) is 1.76. The molecule has 0 fully saturated rings. The van der Waals surface area contributed by atoms with Crippen LogP contribution in [0.2, 0.25) is 10.0 Å². The molecule has 3 heterocycles. The molecule has 1 aromatic carbocycles. The van der Waals surface area contributed by atoms with Crippen molar-refractivity contribution < 1.29 is 18.4 Å². The van der Waals surface area contributed by atoms with Crippen LogP contribution in [0.1, 0.15) is 27.8 Å². The van der Waals surface area contributed by atoms with Gasteiger partial charge in [0, 0.05) is 7.05 Å². The Morgan fingerprint density at radius 3 is 2.75 bits per heavy atom. The van der Waals surface area contributed by atoms with Crippen molar-refractivity contribution in [1.82, 2.24) is 15.1 Å². The number of para-hydroxylation sites is 1. The van der Waals surface area contributed by atoms with Gasteiger partial charge in [0.2, 0.25) is 0 Å². The van der Waals surface area contributed by atoms with E-state index in [9.17, 15) is 4.79 Å². The van der Waals surface area contributed by atoms with Crippen molar-refractivity contribution in [2.45, 2.75) is 13.2 Å². The van der Waals surface area contributed by atoms with Gasteiger partial charge in [-0.2, -0.15) is 5.10 Å². The number of carbonyl (C=O) groups excluding carboxylic acids is 1. The number of halogens is 2. The van der Waals surface area contributed by atoms with Crippen molar-refractivity contribution in [2.24, 2.45) is 12.0 Å². The van der Waals surface area contributed by atoms with E-state index in [1.807, 2.05) is 0 Å². The third-order valence-electron chi connectivity index (χ3n) is 4.43. The van der Waals surface area contributed by atoms with E-state index in [1.54, 1.807) is 55.8 Å². The molecule has 3 aromatic heterocycles. The molecule has 0 radical (unpaired) electrons. The van der Waals surface area contributed by atoms with Crippen LogP contribution >= 0.6 is 23.2 Å². The predicted octanol–water partition coefficient (Wildman–Crippen LogP) is 5.17. The summed E-state index contributed by atoms with van der Waals surface area (Å²) in [6.07, 6.45) is 4.56. The minimum Gasteiger partial charge on any atom is -0.483 e. The van der Waals surface area contributed by atoms with Crippen LogP contribution in [0.3, 0.4) is 0 Å². The maximum atomic E-state index is 12.6. The number of rotatable bonds is 8. The standard InChI is InChI=1S/C22H18Cl2N4O4/c1-28-20(22(29)26-10-14-4-3-9-30-14)19(12-27-28)25-11-15-7-8-16(32-15)13-31-21-17(23)5-2-6-18(21)24/h2-9,11-12H,10,13H2,1H3,(H,26,29). The van der Waals surface area contributed by atoms with Gasteiger partial charge in [-0.15, -0.1) is 0 Å². The lowest BCUT2D eigenvalue weighted by atomic mass is 10.3. The molecule has 4 rings (SSSR count). The Balaban J connectivity index is 1.41. The SMILES string of the molecule is Cn1ncc(N=Cc2ccc(COc3c(Cl)cccc3Cl)o2)c1C(=O)NCc1ccco1. The highest BCUT2D eigenvalue weighted by Gasteiger charge is 2.17. The minimum atomic E-state index is -0.321. The third-order valence-corrected chi connectivity index (χ3v) is 5.02. The van der Waals surface area contributed by atoms with Crippen molar-refractivity contribution in [3.8, 4) is 5.75 Å². The van der Waals surface area contributed by atoms with Crippen LogP contribution < -0.4 is 10.1 Å². The molecule has 8 nitrogen and oxygen atoms in total. The first-order valence-electron chi connectivity index (χ1n) is 9.53. The maximum absolute atomic E-state index is 12.6. The second-order valence-corrected chi connectivity index (χ2v) is 7.48. The van der Waals surface area contributed by atoms with Crippen LogP contribution in [0.15, 0.2) is 68.8 Å². The largest absolute Gasteiger partial charge is 0.483 e. The first kappa shape index (κ1) is 21.7. The van der Waals surface area contributed by atoms with E-state index in [0.29, 0.717) is 44.5 Å². The first-order valence-corrected chi connectivity index (χ1v) is 10.3. The Morgan fingerprint density at radius 1 is 1.19 bits per heavy atom. The molecular weight excluding hydrogens is 455 g/mol. The highest BCUT2D eigenvalue weighted by atomic mass is 35.5. The molecule has 32 heavy (non-hydrogen) atoms. The van der Waals surface area contributed by atoms with Gasteiger partial charge in [0.05, 0.1) is 35.3 Å². The smallest absolute Gasteiger partial charge is 0.272 e. The van der Waals surface area contributed by atoms with Gasteiger partial charge in [0.1, 0.15) is 29.6 Å². The number of aryl methyl sites for hydroxylation is 1. The summed E-state index contributed by atoms with van der Waals surface area (Å²) in [5, 5.41) is 7.74. The lowest BCUT2D eigenvalue weighted by molar-refractivity contribution is 0.0939. The molecule has 0 bridgehead atoms. The van der Waals surface area contributed by atoms with Crippen molar-refractivity contribution in [1.29, 1.82) is 0 Å². The van der Waals surface area contributed by atoms with Crippen molar-refractivity contribution in [3.05, 3.63) is 87.9 Å². The number of ether oxygens (including phenoxy) is 1. The molecule has 4 aromatic rings. The number of amides is 1. The topological polar surface area (TPSA) is 94.8 Å². The number of hydrogen-bond donors (Lipinski definition) is 1. The van der Waals surface area contributed by atoms with E-state index in [1.165, 1.54) is 17.1 Å². The summed E-state index contributed by atoms with van der Waals surface area (Å²) in [6, 6.07) is 12.2. The van der Waals surface area contributed by atoms with Crippen LogP contribution in [0.4, 0.5) is 5.69 Å². The van der Waals surface area contributed by atoms with Crippen molar-refractivity contribution in [3.63, 3.8) is 0 Å². The fourth-order valence-corrected chi connectivity index (χ4v) is 3.39. The molecule has 0 saturated heterocycles. The third kappa shape index (κ3) is 5.04. The van der Waals surface area contributed by atoms with E-state index in [0.717, 1.165) is 0 Å². The average Bonchev–Trinajstić information content (AvgIpc) is 3.52. The number of carbonyl (C=O) groups is 1. The molecule has 1 amide bonds. The van der Waals surface area contributed by atoms with Gasteiger partial charge in [-0.25, -0.2) is 4.99 Å². The summed E-state index contributed by atoms with van der Waals surface area (Å²) < 4.78 is 18.1. The number of hydrogen-bond acceptors (Lipinski definition) is 6. The molecule has 0 aliphatic rings. The molecule has 0 saturated carbocycles. The molecule has 0 aliphatic heterocycles. The lowest BCUT2D eigenvalue weighted by Crippen LogP contribution is -2.25. The van der Waals surface area contributed by atoms with Crippen molar-refractivity contribution >= 4 is 41.0 Å². The van der Waals surface area contributed by atoms with Gasteiger partial charge < -0.3 is 18.9 Å². The quantitative estimate of drug-likeness (QED) is 0.356. The molecule has 0 spiro atoms. The number of furan rings is 2. The molecule has 0 atom stereocenters. The number of benzene rings is 1. The Kier molecular flexibility index (Phi) is 6.63. The van der Waals surface area contributed by atoms with Crippen LogP contribution in [0, 0.1) is 0 Å². The molecule has 0 aliphatic carbocycles. The number of nitrogens with zero attached hydrogens (tertiary/aromatic N) is 3. The maximum Gasteiger partial charge on any atom is 0.272 e. The normalized spacial score (nSPS) is 11.2. The van der Waals surface area contributed by atoms with E-state index in [4.69, 9.17) is 36.8 Å². The molecule has 0 unspecified atom stereocenters. The second kappa shape index (κ2) is 9.76. The van der Waals surface area contributed by atoms with Gasteiger partial charge in [-0.05, 0) is 36.4 Å². The fourth-order valence-electron chi connectivity index (χ4n) is 2.89. The van der Waals surface area contributed by atoms with Gasteiger partial charge in [-0.1, -0.05) is 29.3 Å². The monoisotopic (exact) mass is 472 g/mol. The van der Waals surface area contributed by atoms with Gasteiger partial charge in [0.15, 0.2) is 11.4 Å². The van der Waals surface area contributed by atoms with Gasteiger partial charge >= 0.3 is 0 Å². The minimum absolute atomic E-state index is 0.143. The Hall–Kier alpha value is -3.49. The van der Waals surface area contributed by atoms with Crippen LogP contribution in [0.5, 0.6) is 5.75 Å². The van der Waals surface area contributed by atoms with Gasteiger partial charge in [-0.3, -0.25) is 9.48 Å². The lowest BCUT2D eigenvalue weighted by Gasteiger charge is -2.07. The number of aromatic nitrogens is 2. The molecular formula is C22H18Cl2N4O4. The van der Waals surface area contributed by atoms with E-state index in [2.05, 4.69) is 15.4 Å². The zero-order chi connectivity index (χ0) is 22.5. The van der Waals surface area contributed by atoms with E-state index >= 15 is 0 Å².